The lowest BCUT2D eigenvalue weighted by Gasteiger charge is -2.23. The summed E-state index contributed by atoms with van der Waals surface area (Å²) in [5.41, 5.74) is 1.03. The lowest BCUT2D eigenvalue weighted by atomic mass is 10.1. The standard InChI is InChI=1S/C12H17NO2/c14-11-4-1-3-10(7-11)9-15-12-5-2-6-13-8-12/h1,3-4,7,12-14H,2,5-6,8-9H2. The van der Waals surface area contributed by atoms with Gasteiger partial charge < -0.3 is 15.2 Å². The maximum Gasteiger partial charge on any atom is 0.115 e. The van der Waals surface area contributed by atoms with Gasteiger partial charge in [-0.3, -0.25) is 0 Å². The number of hydrogen-bond acceptors (Lipinski definition) is 3. The van der Waals surface area contributed by atoms with Crippen molar-refractivity contribution in [3.05, 3.63) is 29.8 Å². The first-order valence-electron chi connectivity index (χ1n) is 5.45. The highest BCUT2D eigenvalue weighted by atomic mass is 16.5. The summed E-state index contributed by atoms with van der Waals surface area (Å²) in [6.07, 6.45) is 2.64. The molecule has 0 amide bonds. The maximum absolute atomic E-state index is 9.28. The van der Waals surface area contributed by atoms with Crippen LogP contribution >= 0.6 is 0 Å². The highest BCUT2D eigenvalue weighted by Crippen LogP contribution is 2.14. The number of piperidine rings is 1. The molecule has 0 spiro atoms. The molecule has 2 N–H and O–H groups in total. The first kappa shape index (κ1) is 10.5. The Bertz CT molecular complexity index is 308. The van der Waals surface area contributed by atoms with Crippen LogP contribution in [0.3, 0.4) is 0 Å². The topological polar surface area (TPSA) is 41.5 Å². The quantitative estimate of drug-likeness (QED) is 0.792. The molecule has 1 saturated heterocycles. The lowest BCUT2D eigenvalue weighted by Crippen LogP contribution is -2.35. The van der Waals surface area contributed by atoms with Crippen LogP contribution in [0.2, 0.25) is 0 Å². The minimum Gasteiger partial charge on any atom is -0.508 e. The number of benzene rings is 1. The molecule has 1 aliphatic heterocycles. The van der Waals surface area contributed by atoms with Crippen molar-refractivity contribution in [2.24, 2.45) is 0 Å². The number of aromatic hydroxyl groups is 1. The second-order valence-electron chi connectivity index (χ2n) is 3.95. The zero-order valence-corrected chi connectivity index (χ0v) is 8.78. The van der Waals surface area contributed by atoms with Gasteiger partial charge in [0.2, 0.25) is 0 Å². The highest BCUT2D eigenvalue weighted by Gasteiger charge is 2.12. The van der Waals surface area contributed by atoms with Gasteiger partial charge in [0.1, 0.15) is 5.75 Å². The van der Waals surface area contributed by atoms with Gasteiger partial charge in [-0.15, -0.1) is 0 Å². The predicted octanol–water partition coefficient (Wildman–Crippen LogP) is 1.66. The third-order valence-corrected chi connectivity index (χ3v) is 2.65. The molecule has 1 fully saturated rings. The molecule has 15 heavy (non-hydrogen) atoms. The first-order valence-corrected chi connectivity index (χ1v) is 5.45. The zero-order chi connectivity index (χ0) is 10.5. The summed E-state index contributed by atoms with van der Waals surface area (Å²) in [5, 5.41) is 12.6. The molecule has 82 valence electrons. The number of phenolic OH excluding ortho intramolecular Hbond substituents is 1. The summed E-state index contributed by atoms with van der Waals surface area (Å²) in [7, 11) is 0. The second-order valence-corrected chi connectivity index (χ2v) is 3.95. The molecule has 0 bridgehead atoms. The van der Waals surface area contributed by atoms with Crippen molar-refractivity contribution in [1.29, 1.82) is 0 Å². The SMILES string of the molecule is Oc1cccc(COC2CCCNC2)c1. The van der Waals surface area contributed by atoms with Crippen LogP contribution in [-0.4, -0.2) is 24.3 Å². The van der Waals surface area contributed by atoms with Gasteiger partial charge in [0.05, 0.1) is 12.7 Å². The third kappa shape index (κ3) is 3.22. The fourth-order valence-electron chi connectivity index (χ4n) is 1.82. The van der Waals surface area contributed by atoms with E-state index in [9.17, 15) is 5.11 Å². The summed E-state index contributed by atoms with van der Waals surface area (Å²) in [6, 6.07) is 7.23. The first-order chi connectivity index (χ1) is 7.34. The Balaban J connectivity index is 1.81. The lowest BCUT2D eigenvalue weighted by molar-refractivity contribution is 0.0252. The third-order valence-electron chi connectivity index (χ3n) is 2.65. The second kappa shape index (κ2) is 5.14. The summed E-state index contributed by atoms with van der Waals surface area (Å²) < 4.78 is 5.75. The number of phenols is 1. The summed E-state index contributed by atoms with van der Waals surface area (Å²) >= 11 is 0. The molecule has 3 nitrogen and oxygen atoms in total. The minimum atomic E-state index is 0.304. The van der Waals surface area contributed by atoms with Gasteiger partial charge in [-0.1, -0.05) is 12.1 Å². The van der Waals surface area contributed by atoms with Crippen molar-refractivity contribution < 1.29 is 9.84 Å². The van der Waals surface area contributed by atoms with Crippen LogP contribution in [0.5, 0.6) is 5.75 Å². The van der Waals surface area contributed by atoms with Gasteiger partial charge >= 0.3 is 0 Å². The molecule has 1 aromatic rings. The molecule has 1 heterocycles. The molecule has 1 aromatic carbocycles. The zero-order valence-electron chi connectivity index (χ0n) is 8.78. The highest BCUT2D eigenvalue weighted by molar-refractivity contribution is 5.26. The van der Waals surface area contributed by atoms with E-state index in [4.69, 9.17) is 4.74 Å². The molecule has 1 aliphatic rings. The van der Waals surface area contributed by atoms with Gasteiger partial charge in [0, 0.05) is 6.54 Å². The molecule has 0 saturated carbocycles. The average Bonchev–Trinajstić information content (AvgIpc) is 2.28. The maximum atomic E-state index is 9.28. The Morgan fingerprint density at radius 1 is 1.47 bits per heavy atom. The van der Waals surface area contributed by atoms with Crippen LogP contribution in [0.25, 0.3) is 0 Å². The van der Waals surface area contributed by atoms with Crippen molar-refractivity contribution >= 4 is 0 Å². The van der Waals surface area contributed by atoms with Crippen LogP contribution in [0.4, 0.5) is 0 Å². The van der Waals surface area contributed by atoms with Gasteiger partial charge in [-0.25, -0.2) is 0 Å². The molecule has 2 rings (SSSR count). The minimum absolute atomic E-state index is 0.304. The Morgan fingerprint density at radius 3 is 3.13 bits per heavy atom. The molecular weight excluding hydrogens is 190 g/mol. The fraction of sp³-hybridized carbons (Fsp3) is 0.500. The number of nitrogens with one attached hydrogen (secondary N) is 1. The summed E-state index contributed by atoms with van der Waals surface area (Å²) in [6.45, 7) is 2.63. The van der Waals surface area contributed by atoms with Crippen molar-refractivity contribution in [1.82, 2.24) is 5.32 Å². The molecule has 3 heteroatoms. The van der Waals surface area contributed by atoms with Crippen LogP contribution in [0.1, 0.15) is 18.4 Å². The molecule has 1 unspecified atom stereocenters. The Morgan fingerprint density at radius 2 is 2.40 bits per heavy atom. The molecule has 0 aliphatic carbocycles. The van der Waals surface area contributed by atoms with E-state index in [2.05, 4.69) is 5.32 Å². The number of rotatable bonds is 3. The van der Waals surface area contributed by atoms with Crippen molar-refractivity contribution in [2.45, 2.75) is 25.6 Å². The summed E-state index contributed by atoms with van der Waals surface area (Å²) in [4.78, 5) is 0. The van der Waals surface area contributed by atoms with Crippen LogP contribution < -0.4 is 5.32 Å². The van der Waals surface area contributed by atoms with Crippen LogP contribution in [-0.2, 0) is 11.3 Å². The van der Waals surface area contributed by atoms with E-state index in [0.29, 0.717) is 18.5 Å². The van der Waals surface area contributed by atoms with E-state index in [1.54, 1.807) is 12.1 Å². The van der Waals surface area contributed by atoms with Crippen molar-refractivity contribution in [3.8, 4) is 5.75 Å². The Hall–Kier alpha value is -1.06. The van der Waals surface area contributed by atoms with E-state index in [1.807, 2.05) is 12.1 Å². The molecule has 0 aromatic heterocycles. The van der Waals surface area contributed by atoms with Crippen molar-refractivity contribution in [2.75, 3.05) is 13.1 Å². The van der Waals surface area contributed by atoms with Gasteiger partial charge in [-0.2, -0.15) is 0 Å². The average molecular weight is 207 g/mol. The fourth-order valence-corrected chi connectivity index (χ4v) is 1.82. The number of ether oxygens (including phenoxy) is 1. The van der Waals surface area contributed by atoms with E-state index >= 15 is 0 Å². The monoisotopic (exact) mass is 207 g/mol. The van der Waals surface area contributed by atoms with Gasteiger partial charge in [0.15, 0.2) is 0 Å². The largest absolute Gasteiger partial charge is 0.508 e. The normalized spacial score (nSPS) is 21.5. The van der Waals surface area contributed by atoms with E-state index in [0.717, 1.165) is 25.1 Å². The number of hydrogen-bond donors (Lipinski definition) is 2. The van der Waals surface area contributed by atoms with Gasteiger partial charge in [0.25, 0.3) is 0 Å². The predicted molar refractivity (Wildman–Crippen MR) is 58.8 cm³/mol. The summed E-state index contributed by atoms with van der Waals surface area (Å²) in [5.74, 6) is 0.304. The van der Waals surface area contributed by atoms with E-state index < -0.39 is 0 Å². The Labute approximate surface area is 90.1 Å². The van der Waals surface area contributed by atoms with Gasteiger partial charge in [-0.05, 0) is 37.1 Å². The van der Waals surface area contributed by atoms with E-state index in [-0.39, 0.29) is 0 Å². The molecular formula is C12H17NO2. The molecule has 1 atom stereocenters. The van der Waals surface area contributed by atoms with Crippen LogP contribution in [0, 0.1) is 0 Å². The Kier molecular flexibility index (Phi) is 3.59. The smallest absolute Gasteiger partial charge is 0.115 e. The van der Waals surface area contributed by atoms with E-state index in [1.165, 1.54) is 6.42 Å². The van der Waals surface area contributed by atoms with Crippen LogP contribution in [0.15, 0.2) is 24.3 Å². The molecule has 0 radical (unpaired) electrons. The van der Waals surface area contributed by atoms with Crippen molar-refractivity contribution in [3.63, 3.8) is 0 Å².